The Morgan fingerprint density at radius 2 is 2.06 bits per heavy atom. The number of unbranched alkanes of at least 4 members (excludes halogenated alkanes) is 3. The quantitative estimate of drug-likeness (QED) is 0.451. The van der Waals surface area contributed by atoms with Gasteiger partial charge in [0.1, 0.15) is 11.5 Å². The van der Waals surface area contributed by atoms with Gasteiger partial charge in [-0.15, -0.1) is 0 Å². The van der Waals surface area contributed by atoms with Crippen LogP contribution in [0.15, 0.2) is 18.2 Å². The number of hydrogen-bond donors (Lipinski definition) is 2. The lowest BCUT2D eigenvalue weighted by molar-refractivity contribution is 0.144. The number of carbonyl (C=O) groups is 1. The fourth-order valence-electron chi connectivity index (χ4n) is 1.72. The van der Waals surface area contributed by atoms with Crippen LogP contribution in [0.1, 0.15) is 38.2 Å². The Bertz CT molecular complexity index is 374. The van der Waals surface area contributed by atoms with E-state index in [9.17, 15) is 9.90 Å². The van der Waals surface area contributed by atoms with Crippen LogP contribution >= 0.6 is 0 Å². The molecule has 0 amide bonds. The average molecular weight is 238 g/mol. The molecule has 0 atom stereocenters. The lowest BCUT2D eigenvalue weighted by atomic mass is 10.0. The monoisotopic (exact) mass is 238 g/mol. The molecule has 4 heteroatoms. The minimum Gasteiger partial charge on any atom is -0.508 e. The summed E-state index contributed by atoms with van der Waals surface area (Å²) in [6.07, 6.45) is 3.54. The average Bonchev–Trinajstić information content (AvgIpc) is 2.26. The highest BCUT2D eigenvalue weighted by Gasteiger charge is 2.11. The molecule has 94 valence electrons. The number of benzene rings is 1. The van der Waals surface area contributed by atoms with Crippen LogP contribution in [-0.4, -0.2) is 16.4 Å². The van der Waals surface area contributed by atoms with Crippen molar-refractivity contribution in [1.82, 2.24) is 0 Å². The normalized spacial score (nSPS) is 10.2. The lowest BCUT2D eigenvalue weighted by Gasteiger charge is -2.09. The Labute approximate surface area is 101 Å². The number of phenolic OH excluding ortho intramolecular Hbond substituents is 1. The van der Waals surface area contributed by atoms with Crippen LogP contribution < -0.4 is 4.74 Å². The van der Waals surface area contributed by atoms with E-state index in [0.29, 0.717) is 12.0 Å². The molecule has 0 saturated carbocycles. The van der Waals surface area contributed by atoms with Gasteiger partial charge in [-0.3, -0.25) is 0 Å². The van der Waals surface area contributed by atoms with E-state index in [1.54, 1.807) is 18.2 Å². The van der Waals surface area contributed by atoms with Crippen LogP contribution in [0.25, 0.3) is 0 Å². The SMILES string of the molecule is CCCCCCc1c(O)cccc1OC(=O)O. The van der Waals surface area contributed by atoms with Crippen LogP contribution in [0, 0.1) is 0 Å². The highest BCUT2D eigenvalue weighted by Crippen LogP contribution is 2.29. The number of rotatable bonds is 6. The summed E-state index contributed by atoms with van der Waals surface area (Å²) in [5, 5.41) is 18.3. The molecule has 4 nitrogen and oxygen atoms in total. The van der Waals surface area contributed by atoms with Crippen LogP contribution in [0.4, 0.5) is 4.79 Å². The standard InChI is InChI=1S/C13H18O4/c1-2-3-4-5-7-10-11(14)8-6-9-12(10)17-13(15)16/h6,8-9,14H,2-5,7H2,1H3,(H,15,16). The minimum atomic E-state index is -1.36. The van der Waals surface area contributed by atoms with E-state index in [1.807, 2.05) is 0 Å². The van der Waals surface area contributed by atoms with Gasteiger partial charge in [0.15, 0.2) is 0 Å². The molecule has 0 aliphatic heterocycles. The summed E-state index contributed by atoms with van der Waals surface area (Å²) in [4.78, 5) is 10.5. The zero-order valence-electron chi connectivity index (χ0n) is 9.98. The van der Waals surface area contributed by atoms with E-state index < -0.39 is 6.16 Å². The summed E-state index contributed by atoms with van der Waals surface area (Å²) in [7, 11) is 0. The first-order valence-electron chi connectivity index (χ1n) is 5.86. The fraction of sp³-hybridized carbons (Fsp3) is 0.462. The zero-order chi connectivity index (χ0) is 12.7. The highest BCUT2D eigenvalue weighted by molar-refractivity contribution is 5.63. The van der Waals surface area contributed by atoms with E-state index in [1.165, 1.54) is 0 Å². The van der Waals surface area contributed by atoms with Gasteiger partial charge >= 0.3 is 6.16 Å². The molecule has 0 unspecified atom stereocenters. The molecule has 0 heterocycles. The second-order valence-corrected chi connectivity index (χ2v) is 3.93. The van der Waals surface area contributed by atoms with E-state index >= 15 is 0 Å². The number of aromatic hydroxyl groups is 1. The van der Waals surface area contributed by atoms with E-state index in [4.69, 9.17) is 5.11 Å². The van der Waals surface area contributed by atoms with Gasteiger partial charge in [0, 0.05) is 5.56 Å². The molecule has 0 aliphatic rings. The van der Waals surface area contributed by atoms with Gasteiger partial charge < -0.3 is 14.9 Å². The van der Waals surface area contributed by atoms with Crippen molar-refractivity contribution >= 4 is 6.16 Å². The van der Waals surface area contributed by atoms with Gasteiger partial charge in [-0.1, -0.05) is 32.3 Å². The van der Waals surface area contributed by atoms with Crippen molar-refractivity contribution in [3.05, 3.63) is 23.8 Å². The molecule has 0 saturated heterocycles. The predicted octanol–water partition coefficient (Wildman–Crippen LogP) is 3.57. The minimum absolute atomic E-state index is 0.0975. The van der Waals surface area contributed by atoms with Gasteiger partial charge in [0.25, 0.3) is 0 Å². The smallest absolute Gasteiger partial charge is 0.508 e. The second-order valence-electron chi connectivity index (χ2n) is 3.93. The Balaban J connectivity index is 2.70. The fourth-order valence-corrected chi connectivity index (χ4v) is 1.72. The number of phenols is 1. The molecule has 0 aliphatic carbocycles. The van der Waals surface area contributed by atoms with E-state index in [-0.39, 0.29) is 11.5 Å². The van der Waals surface area contributed by atoms with Crippen molar-refractivity contribution < 1.29 is 19.7 Å². The van der Waals surface area contributed by atoms with Crippen LogP contribution in [-0.2, 0) is 6.42 Å². The van der Waals surface area contributed by atoms with Crippen molar-refractivity contribution in [3.63, 3.8) is 0 Å². The Kier molecular flexibility index (Phi) is 5.33. The van der Waals surface area contributed by atoms with E-state index in [2.05, 4.69) is 11.7 Å². The van der Waals surface area contributed by atoms with Gasteiger partial charge in [-0.2, -0.15) is 0 Å². The molecule has 2 N–H and O–H groups in total. The molecule has 17 heavy (non-hydrogen) atoms. The van der Waals surface area contributed by atoms with Crippen LogP contribution in [0.3, 0.4) is 0 Å². The van der Waals surface area contributed by atoms with Crippen molar-refractivity contribution in [2.24, 2.45) is 0 Å². The number of ether oxygens (including phenoxy) is 1. The molecular formula is C13H18O4. The first-order valence-corrected chi connectivity index (χ1v) is 5.86. The third-order valence-electron chi connectivity index (χ3n) is 2.59. The van der Waals surface area contributed by atoms with Crippen molar-refractivity contribution in [3.8, 4) is 11.5 Å². The lowest BCUT2D eigenvalue weighted by Crippen LogP contribution is -2.05. The van der Waals surface area contributed by atoms with E-state index in [0.717, 1.165) is 25.7 Å². The first kappa shape index (κ1) is 13.4. The van der Waals surface area contributed by atoms with Gasteiger partial charge in [0.2, 0.25) is 0 Å². The molecular weight excluding hydrogens is 220 g/mol. The summed E-state index contributed by atoms with van der Waals surface area (Å²) < 4.78 is 4.64. The Hall–Kier alpha value is -1.71. The van der Waals surface area contributed by atoms with Gasteiger partial charge in [-0.25, -0.2) is 4.79 Å². The molecule has 0 spiro atoms. The maximum Gasteiger partial charge on any atom is 0.511 e. The summed E-state index contributed by atoms with van der Waals surface area (Å²) in [5.41, 5.74) is 0.575. The molecule has 1 rings (SSSR count). The Morgan fingerprint density at radius 3 is 2.71 bits per heavy atom. The highest BCUT2D eigenvalue weighted by atomic mass is 16.7. The molecule has 1 aromatic rings. The molecule has 0 radical (unpaired) electrons. The maximum absolute atomic E-state index is 10.5. The van der Waals surface area contributed by atoms with Gasteiger partial charge in [-0.05, 0) is 25.0 Å². The number of carboxylic acid groups (broad SMARTS) is 1. The molecule has 1 aromatic carbocycles. The van der Waals surface area contributed by atoms with Crippen molar-refractivity contribution in [2.75, 3.05) is 0 Å². The third kappa shape index (κ3) is 4.34. The largest absolute Gasteiger partial charge is 0.511 e. The molecule has 0 aromatic heterocycles. The Morgan fingerprint density at radius 1 is 1.29 bits per heavy atom. The predicted molar refractivity (Wildman–Crippen MR) is 64.6 cm³/mol. The summed E-state index contributed by atoms with van der Waals surface area (Å²) in [6, 6.07) is 4.68. The summed E-state index contributed by atoms with van der Waals surface area (Å²) in [6.45, 7) is 2.12. The topological polar surface area (TPSA) is 66.8 Å². The maximum atomic E-state index is 10.5. The molecule has 0 bridgehead atoms. The first-order chi connectivity index (χ1) is 8.15. The van der Waals surface area contributed by atoms with Gasteiger partial charge in [0.05, 0.1) is 0 Å². The van der Waals surface area contributed by atoms with Crippen molar-refractivity contribution in [2.45, 2.75) is 39.0 Å². The van der Waals surface area contributed by atoms with Crippen molar-refractivity contribution in [1.29, 1.82) is 0 Å². The summed E-state index contributed by atoms with van der Waals surface area (Å²) in [5.74, 6) is 0.328. The third-order valence-corrected chi connectivity index (χ3v) is 2.59. The van der Waals surface area contributed by atoms with Crippen LogP contribution in [0.5, 0.6) is 11.5 Å². The summed E-state index contributed by atoms with van der Waals surface area (Å²) >= 11 is 0. The zero-order valence-corrected chi connectivity index (χ0v) is 9.98. The molecule has 0 fully saturated rings. The number of hydrogen-bond acceptors (Lipinski definition) is 3. The van der Waals surface area contributed by atoms with Crippen LogP contribution in [0.2, 0.25) is 0 Å². The second kappa shape index (κ2) is 6.78.